The van der Waals surface area contributed by atoms with Gasteiger partial charge in [-0.3, -0.25) is 0 Å². The van der Waals surface area contributed by atoms with Crippen molar-refractivity contribution in [3.8, 4) is 0 Å². The van der Waals surface area contributed by atoms with E-state index in [1.54, 1.807) is 14.2 Å². The first-order chi connectivity index (χ1) is 11.6. The highest BCUT2D eigenvalue weighted by molar-refractivity contribution is 5.34. The van der Waals surface area contributed by atoms with Crippen LogP contribution in [0, 0.1) is 5.41 Å². The van der Waals surface area contributed by atoms with E-state index < -0.39 is 5.60 Å². The number of hydrogen-bond donors (Lipinski definition) is 1. The number of hydrogen-bond acceptors (Lipinski definition) is 3. The van der Waals surface area contributed by atoms with Crippen molar-refractivity contribution < 1.29 is 14.6 Å². The molecule has 142 valence electrons. The summed E-state index contributed by atoms with van der Waals surface area (Å²) in [5.41, 5.74) is 3.15. The maximum atomic E-state index is 10.6. The third kappa shape index (κ3) is 7.31. The summed E-state index contributed by atoms with van der Waals surface area (Å²) < 4.78 is 10.4. The zero-order valence-corrected chi connectivity index (χ0v) is 17.1. The van der Waals surface area contributed by atoms with E-state index in [0.717, 1.165) is 12.0 Å². The Hall–Kier alpha value is -1.16. The lowest BCUT2D eigenvalue weighted by Gasteiger charge is -2.33. The van der Waals surface area contributed by atoms with Gasteiger partial charge in [-0.05, 0) is 63.2 Å². The molecule has 1 N–H and O–H groups in total. The predicted octanol–water partition coefficient (Wildman–Crippen LogP) is 5.33. The monoisotopic (exact) mass is 348 g/mol. The summed E-state index contributed by atoms with van der Waals surface area (Å²) in [6.45, 7) is 10.6. The molecule has 25 heavy (non-hydrogen) atoms. The average Bonchev–Trinajstić information content (AvgIpc) is 2.51. The Labute approximate surface area is 154 Å². The summed E-state index contributed by atoms with van der Waals surface area (Å²) in [7, 11) is 3.27. The number of allylic oxidation sites excluding steroid dienone is 5. The van der Waals surface area contributed by atoms with Crippen molar-refractivity contribution >= 4 is 0 Å². The van der Waals surface area contributed by atoms with E-state index in [4.69, 9.17) is 9.47 Å². The van der Waals surface area contributed by atoms with Gasteiger partial charge in [-0.1, -0.05) is 43.2 Å². The molecule has 1 aliphatic rings. The van der Waals surface area contributed by atoms with E-state index in [0.29, 0.717) is 6.42 Å². The zero-order valence-electron chi connectivity index (χ0n) is 17.1. The Balaban J connectivity index is 2.78. The normalized spacial score (nSPS) is 21.6. The van der Waals surface area contributed by atoms with Crippen molar-refractivity contribution in [1.82, 2.24) is 0 Å². The van der Waals surface area contributed by atoms with Crippen LogP contribution >= 0.6 is 0 Å². The van der Waals surface area contributed by atoms with Crippen LogP contribution in [-0.2, 0) is 9.47 Å². The minimum atomic E-state index is -0.973. The molecule has 0 saturated heterocycles. The van der Waals surface area contributed by atoms with Crippen LogP contribution < -0.4 is 0 Å². The van der Waals surface area contributed by atoms with Crippen molar-refractivity contribution in [3.05, 3.63) is 47.1 Å². The van der Waals surface area contributed by atoms with Crippen molar-refractivity contribution in [1.29, 1.82) is 0 Å². The molecule has 0 aromatic carbocycles. The van der Waals surface area contributed by atoms with Crippen LogP contribution in [0.15, 0.2) is 47.1 Å². The second-order valence-corrected chi connectivity index (χ2v) is 7.97. The summed E-state index contributed by atoms with van der Waals surface area (Å²) in [6, 6.07) is 0. The van der Waals surface area contributed by atoms with Crippen molar-refractivity contribution in [3.63, 3.8) is 0 Å². The molecule has 0 fully saturated rings. The molecule has 1 rings (SSSR count). The highest BCUT2D eigenvalue weighted by Gasteiger charge is 2.27. The molecular formula is C22H36O3. The predicted molar refractivity (Wildman–Crippen MR) is 105 cm³/mol. The lowest BCUT2D eigenvalue weighted by molar-refractivity contribution is -0.100. The summed E-state index contributed by atoms with van der Waals surface area (Å²) in [5, 5.41) is 10.6. The highest BCUT2D eigenvalue weighted by atomic mass is 16.7. The van der Waals surface area contributed by atoms with Gasteiger partial charge < -0.3 is 14.6 Å². The van der Waals surface area contributed by atoms with Crippen LogP contribution in [-0.4, -0.2) is 31.2 Å². The van der Waals surface area contributed by atoms with Gasteiger partial charge in [-0.25, -0.2) is 0 Å². The Kier molecular flexibility index (Phi) is 8.33. The SMILES string of the molecule is COC(C/C(C)=C/C=C/C(C)(O)/C=C/C1=C(C)CCCC1(C)C)OC. The van der Waals surface area contributed by atoms with Crippen LogP contribution in [0.5, 0.6) is 0 Å². The van der Waals surface area contributed by atoms with E-state index in [1.807, 2.05) is 38.2 Å². The smallest absolute Gasteiger partial charge is 0.160 e. The van der Waals surface area contributed by atoms with Gasteiger partial charge >= 0.3 is 0 Å². The van der Waals surface area contributed by atoms with Gasteiger partial charge in [-0.15, -0.1) is 0 Å². The first kappa shape index (κ1) is 21.9. The van der Waals surface area contributed by atoms with Crippen molar-refractivity contribution in [2.24, 2.45) is 5.41 Å². The van der Waals surface area contributed by atoms with Crippen LogP contribution in [0.1, 0.15) is 60.3 Å². The molecule has 0 amide bonds. The van der Waals surface area contributed by atoms with Gasteiger partial charge in [0.25, 0.3) is 0 Å². The lowest BCUT2D eigenvalue weighted by atomic mass is 9.72. The van der Waals surface area contributed by atoms with Crippen LogP contribution in [0.2, 0.25) is 0 Å². The molecular weight excluding hydrogens is 312 g/mol. The zero-order chi connectivity index (χ0) is 19.1. The second kappa shape index (κ2) is 9.51. The largest absolute Gasteiger partial charge is 0.382 e. The molecule has 0 radical (unpaired) electrons. The minimum absolute atomic E-state index is 0.185. The number of aliphatic hydroxyl groups is 1. The summed E-state index contributed by atoms with van der Waals surface area (Å²) >= 11 is 0. The van der Waals surface area contributed by atoms with Crippen LogP contribution in [0.25, 0.3) is 0 Å². The third-order valence-corrected chi connectivity index (χ3v) is 4.96. The fourth-order valence-corrected chi connectivity index (χ4v) is 3.32. The molecule has 3 heteroatoms. The fraction of sp³-hybridized carbons (Fsp3) is 0.636. The number of rotatable bonds is 8. The molecule has 3 nitrogen and oxygen atoms in total. The van der Waals surface area contributed by atoms with Gasteiger partial charge in [-0.2, -0.15) is 0 Å². The fourth-order valence-electron chi connectivity index (χ4n) is 3.32. The van der Waals surface area contributed by atoms with Gasteiger partial charge in [0.1, 0.15) is 0 Å². The average molecular weight is 349 g/mol. The lowest BCUT2D eigenvalue weighted by Crippen LogP contribution is -2.21. The number of ether oxygens (including phenoxy) is 2. The maximum Gasteiger partial charge on any atom is 0.160 e. The van der Waals surface area contributed by atoms with Gasteiger partial charge in [0.15, 0.2) is 6.29 Å². The van der Waals surface area contributed by atoms with Crippen molar-refractivity contribution in [2.75, 3.05) is 14.2 Å². The molecule has 0 spiro atoms. The molecule has 0 aromatic rings. The molecule has 0 saturated carbocycles. The van der Waals surface area contributed by atoms with Crippen LogP contribution in [0.3, 0.4) is 0 Å². The van der Waals surface area contributed by atoms with Crippen molar-refractivity contribution in [2.45, 2.75) is 72.2 Å². The van der Waals surface area contributed by atoms with E-state index in [-0.39, 0.29) is 11.7 Å². The van der Waals surface area contributed by atoms with Gasteiger partial charge in [0.05, 0.1) is 5.60 Å². The second-order valence-electron chi connectivity index (χ2n) is 7.97. The quantitative estimate of drug-likeness (QED) is 0.476. The van der Waals surface area contributed by atoms with Gasteiger partial charge in [0, 0.05) is 20.6 Å². The molecule has 0 bridgehead atoms. The van der Waals surface area contributed by atoms with E-state index in [1.165, 1.54) is 24.0 Å². The Morgan fingerprint density at radius 2 is 1.92 bits per heavy atom. The Bertz CT molecular complexity index is 544. The summed E-state index contributed by atoms with van der Waals surface area (Å²) in [4.78, 5) is 0. The topological polar surface area (TPSA) is 38.7 Å². The molecule has 0 aromatic heterocycles. The van der Waals surface area contributed by atoms with Gasteiger partial charge in [0.2, 0.25) is 0 Å². The first-order valence-corrected chi connectivity index (χ1v) is 9.14. The standard InChI is InChI=1S/C22H36O3/c1-17(16-20(24-6)25-7)10-8-14-22(5,23)15-12-19-18(2)11-9-13-21(19,3)4/h8,10,12,14-15,20,23H,9,11,13,16H2,1-7H3/b14-8+,15-12+,17-10+. The summed E-state index contributed by atoms with van der Waals surface area (Å²) in [6.07, 6.45) is 13.8. The summed E-state index contributed by atoms with van der Waals surface area (Å²) in [5.74, 6) is 0. The molecule has 1 aliphatic carbocycles. The highest BCUT2D eigenvalue weighted by Crippen LogP contribution is 2.40. The molecule has 0 aliphatic heterocycles. The number of methoxy groups -OCH3 is 2. The van der Waals surface area contributed by atoms with E-state index in [9.17, 15) is 5.11 Å². The molecule has 1 unspecified atom stereocenters. The van der Waals surface area contributed by atoms with E-state index >= 15 is 0 Å². The Morgan fingerprint density at radius 1 is 1.28 bits per heavy atom. The minimum Gasteiger partial charge on any atom is -0.382 e. The molecule has 0 heterocycles. The first-order valence-electron chi connectivity index (χ1n) is 9.14. The van der Waals surface area contributed by atoms with Crippen LogP contribution in [0.4, 0.5) is 0 Å². The Morgan fingerprint density at radius 3 is 2.48 bits per heavy atom. The third-order valence-electron chi connectivity index (χ3n) is 4.96. The maximum absolute atomic E-state index is 10.6. The molecule has 1 atom stereocenters. The van der Waals surface area contributed by atoms with E-state index in [2.05, 4.69) is 26.8 Å².